The van der Waals surface area contributed by atoms with Gasteiger partial charge in [0.05, 0.1) is 20.3 Å². The fourth-order valence-electron chi connectivity index (χ4n) is 4.05. The van der Waals surface area contributed by atoms with E-state index in [0.717, 1.165) is 64.2 Å². The van der Waals surface area contributed by atoms with Gasteiger partial charge in [-0.25, -0.2) is 0 Å². The van der Waals surface area contributed by atoms with Crippen LogP contribution in [-0.2, 0) is 4.74 Å². The molecule has 2 atom stereocenters. The maximum atomic E-state index is 5.56. The van der Waals surface area contributed by atoms with Crippen molar-refractivity contribution in [2.24, 2.45) is 4.99 Å². The van der Waals surface area contributed by atoms with Crippen molar-refractivity contribution in [3.05, 3.63) is 24.3 Å². The second-order valence-electron chi connectivity index (χ2n) is 7.61. The van der Waals surface area contributed by atoms with Crippen molar-refractivity contribution >= 4 is 11.6 Å². The number of benzene rings is 1. The first-order chi connectivity index (χ1) is 13.6. The van der Waals surface area contributed by atoms with E-state index in [1.165, 1.54) is 5.69 Å². The van der Waals surface area contributed by atoms with E-state index in [-0.39, 0.29) is 0 Å². The summed E-state index contributed by atoms with van der Waals surface area (Å²) in [6.07, 6.45) is 0. The maximum Gasteiger partial charge on any atom is 0.193 e. The molecule has 1 aromatic carbocycles. The molecule has 0 spiro atoms. The summed E-state index contributed by atoms with van der Waals surface area (Å²) in [6.45, 7) is 12.0. The Bertz CT molecular complexity index is 628. The summed E-state index contributed by atoms with van der Waals surface area (Å²) < 4.78 is 10.8. The van der Waals surface area contributed by atoms with Crippen LogP contribution in [0.1, 0.15) is 13.8 Å². The van der Waals surface area contributed by atoms with Crippen molar-refractivity contribution in [2.75, 3.05) is 71.5 Å². The molecule has 2 unspecified atom stereocenters. The molecule has 2 fully saturated rings. The van der Waals surface area contributed by atoms with Crippen LogP contribution in [0.2, 0.25) is 0 Å². The summed E-state index contributed by atoms with van der Waals surface area (Å²) in [5, 5.41) is 3.58. The van der Waals surface area contributed by atoms with Crippen LogP contribution in [0.5, 0.6) is 5.75 Å². The Morgan fingerprint density at radius 1 is 1.21 bits per heavy atom. The molecule has 2 aliphatic heterocycles. The van der Waals surface area contributed by atoms with Crippen LogP contribution in [0, 0.1) is 0 Å². The predicted octanol–water partition coefficient (Wildman–Crippen LogP) is 1.50. The van der Waals surface area contributed by atoms with Gasteiger partial charge in [0.25, 0.3) is 0 Å². The maximum absolute atomic E-state index is 5.56. The molecule has 0 aliphatic carbocycles. The number of anilines is 1. The van der Waals surface area contributed by atoms with Crippen molar-refractivity contribution < 1.29 is 9.47 Å². The third-order valence-electron chi connectivity index (χ3n) is 5.77. The summed E-state index contributed by atoms with van der Waals surface area (Å²) >= 11 is 0. The minimum absolute atomic E-state index is 0.455. The number of nitrogens with zero attached hydrogens (tertiary/aromatic N) is 4. The average molecular weight is 390 g/mol. The van der Waals surface area contributed by atoms with E-state index in [4.69, 9.17) is 9.47 Å². The molecule has 1 N–H and O–H groups in total. The van der Waals surface area contributed by atoms with E-state index in [2.05, 4.69) is 51.0 Å². The lowest BCUT2D eigenvalue weighted by Gasteiger charge is -2.40. The lowest BCUT2D eigenvalue weighted by Crippen LogP contribution is -2.56. The predicted molar refractivity (Wildman–Crippen MR) is 115 cm³/mol. The van der Waals surface area contributed by atoms with Gasteiger partial charge in [-0.1, -0.05) is 0 Å². The number of guanidine groups is 1. The largest absolute Gasteiger partial charge is 0.497 e. The van der Waals surface area contributed by atoms with Crippen LogP contribution < -0.4 is 15.0 Å². The van der Waals surface area contributed by atoms with Crippen molar-refractivity contribution in [3.8, 4) is 5.75 Å². The number of rotatable bonds is 5. The third kappa shape index (κ3) is 5.08. The molecule has 0 saturated carbocycles. The second-order valence-corrected chi connectivity index (χ2v) is 7.61. The second kappa shape index (κ2) is 9.98. The van der Waals surface area contributed by atoms with Gasteiger partial charge in [0.15, 0.2) is 5.96 Å². The molecule has 2 saturated heterocycles. The lowest BCUT2D eigenvalue weighted by molar-refractivity contribution is -0.0175. The summed E-state index contributed by atoms with van der Waals surface area (Å²) in [7, 11) is 3.58. The molecule has 7 heteroatoms. The van der Waals surface area contributed by atoms with Crippen LogP contribution >= 0.6 is 0 Å². The van der Waals surface area contributed by atoms with Crippen LogP contribution in [-0.4, -0.2) is 94.5 Å². The number of methoxy groups -OCH3 is 1. The number of nitrogens with one attached hydrogen (secondary N) is 1. The zero-order chi connectivity index (χ0) is 19.9. The van der Waals surface area contributed by atoms with Gasteiger partial charge in [-0.3, -0.25) is 9.89 Å². The zero-order valence-electron chi connectivity index (χ0n) is 17.7. The molecule has 2 aliphatic rings. The molecule has 3 rings (SSSR count). The van der Waals surface area contributed by atoms with Crippen molar-refractivity contribution in [1.29, 1.82) is 0 Å². The van der Waals surface area contributed by atoms with Gasteiger partial charge < -0.3 is 24.6 Å². The van der Waals surface area contributed by atoms with E-state index in [0.29, 0.717) is 12.1 Å². The Morgan fingerprint density at radius 2 is 1.93 bits per heavy atom. The number of aliphatic imine (C=N–C) groups is 1. The Hall–Kier alpha value is -1.99. The highest BCUT2D eigenvalue weighted by Gasteiger charge is 2.25. The molecule has 28 heavy (non-hydrogen) atoms. The topological polar surface area (TPSA) is 52.6 Å². The van der Waals surface area contributed by atoms with Crippen molar-refractivity contribution in [2.45, 2.75) is 25.9 Å². The lowest BCUT2D eigenvalue weighted by atomic mass is 10.2. The van der Waals surface area contributed by atoms with E-state index < -0.39 is 0 Å². The standard InChI is InChI=1S/C21H35N5O2/c1-17(26-13-14-28-16-18(26)2)15-23-21(22-3)25-11-9-24(10-12-25)19-5-7-20(27-4)8-6-19/h5-8,17-18H,9-16H2,1-4H3,(H,22,23). The minimum Gasteiger partial charge on any atom is -0.497 e. The smallest absolute Gasteiger partial charge is 0.193 e. The SMILES string of the molecule is CN=C(NCC(C)N1CCOCC1C)N1CCN(c2ccc(OC)cc2)CC1. The highest BCUT2D eigenvalue weighted by molar-refractivity contribution is 5.80. The van der Waals surface area contributed by atoms with Gasteiger partial charge in [-0.15, -0.1) is 0 Å². The molecule has 156 valence electrons. The fourth-order valence-corrected chi connectivity index (χ4v) is 4.05. The molecule has 1 aromatic rings. The molecule has 2 heterocycles. The van der Waals surface area contributed by atoms with Crippen LogP contribution in [0.15, 0.2) is 29.3 Å². The number of morpholine rings is 1. The van der Waals surface area contributed by atoms with E-state index >= 15 is 0 Å². The first-order valence-electron chi connectivity index (χ1n) is 10.3. The molecular formula is C21H35N5O2. The monoisotopic (exact) mass is 389 g/mol. The first-order valence-corrected chi connectivity index (χ1v) is 10.3. The van der Waals surface area contributed by atoms with Gasteiger partial charge >= 0.3 is 0 Å². The zero-order valence-corrected chi connectivity index (χ0v) is 17.7. The Balaban J connectivity index is 1.48. The van der Waals surface area contributed by atoms with Gasteiger partial charge in [0.1, 0.15) is 5.75 Å². The first kappa shape index (κ1) is 20.7. The van der Waals surface area contributed by atoms with Crippen LogP contribution in [0.4, 0.5) is 5.69 Å². The fraction of sp³-hybridized carbons (Fsp3) is 0.667. The van der Waals surface area contributed by atoms with E-state index in [9.17, 15) is 0 Å². The van der Waals surface area contributed by atoms with E-state index in [1.807, 2.05) is 19.2 Å². The molecule has 0 amide bonds. The highest BCUT2D eigenvalue weighted by Crippen LogP contribution is 2.20. The van der Waals surface area contributed by atoms with Crippen molar-refractivity contribution in [1.82, 2.24) is 15.1 Å². The normalized spacial score (nSPS) is 22.9. The number of hydrogen-bond acceptors (Lipinski definition) is 5. The molecule has 0 radical (unpaired) electrons. The molecule has 0 aromatic heterocycles. The number of hydrogen-bond donors (Lipinski definition) is 1. The summed E-state index contributed by atoms with van der Waals surface area (Å²) in [5.41, 5.74) is 1.25. The van der Waals surface area contributed by atoms with Gasteiger partial charge in [0.2, 0.25) is 0 Å². The summed E-state index contributed by atoms with van der Waals surface area (Å²) in [4.78, 5) is 11.8. The Morgan fingerprint density at radius 3 is 2.54 bits per heavy atom. The van der Waals surface area contributed by atoms with Gasteiger partial charge in [-0.2, -0.15) is 0 Å². The Kier molecular flexibility index (Phi) is 7.39. The van der Waals surface area contributed by atoms with Gasteiger partial charge in [0, 0.05) is 64.1 Å². The molecular weight excluding hydrogens is 354 g/mol. The van der Waals surface area contributed by atoms with E-state index in [1.54, 1.807) is 7.11 Å². The minimum atomic E-state index is 0.455. The van der Waals surface area contributed by atoms with Crippen molar-refractivity contribution in [3.63, 3.8) is 0 Å². The summed E-state index contributed by atoms with van der Waals surface area (Å²) in [5.74, 6) is 1.90. The number of ether oxygens (including phenoxy) is 2. The quantitative estimate of drug-likeness (QED) is 0.609. The molecule has 0 bridgehead atoms. The Labute approximate surface area is 169 Å². The van der Waals surface area contributed by atoms with Gasteiger partial charge in [-0.05, 0) is 38.1 Å². The van der Waals surface area contributed by atoms with Crippen LogP contribution in [0.25, 0.3) is 0 Å². The molecule has 7 nitrogen and oxygen atoms in total. The average Bonchev–Trinajstić information content (AvgIpc) is 2.75. The summed E-state index contributed by atoms with van der Waals surface area (Å²) in [6, 6.07) is 9.24. The van der Waals surface area contributed by atoms with Crippen LogP contribution in [0.3, 0.4) is 0 Å². The third-order valence-corrected chi connectivity index (χ3v) is 5.77. The number of piperazine rings is 1. The highest BCUT2D eigenvalue weighted by atomic mass is 16.5.